The lowest BCUT2D eigenvalue weighted by atomic mass is 10.1. The molecule has 0 fully saturated rings. The second-order valence-electron chi connectivity index (χ2n) is 4.17. The number of Topliss-reactive ketones (excluding diaryl/α,β-unsaturated/α-hetero) is 1. The van der Waals surface area contributed by atoms with E-state index in [1.54, 1.807) is 0 Å². The zero-order valence-electron chi connectivity index (χ0n) is 11.9. The minimum atomic E-state index is -0.676. The Morgan fingerprint density at radius 2 is 1.67 bits per heavy atom. The summed E-state index contributed by atoms with van der Waals surface area (Å²) in [6, 6.07) is 4.00. The molecule has 7 heteroatoms. The lowest BCUT2D eigenvalue weighted by molar-refractivity contribution is -0.124. The van der Waals surface area contributed by atoms with E-state index in [4.69, 9.17) is 0 Å². The summed E-state index contributed by atoms with van der Waals surface area (Å²) in [5.41, 5.74) is 0.307. The van der Waals surface area contributed by atoms with E-state index < -0.39 is 17.8 Å². The molecule has 0 atom stereocenters. The van der Waals surface area contributed by atoms with Gasteiger partial charge in [0.2, 0.25) is 5.91 Å². The van der Waals surface area contributed by atoms with Crippen LogP contribution in [-0.4, -0.2) is 37.8 Å². The monoisotopic (exact) mass is 293 g/mol. The van der Waals surface area contributed by atoms with Crippen molar-refractivity contribution < 1.29 is 28.7 Å². The van der Waals surface area contributed by atoms with Crippen LogP contribution in [0.25, 0.3) is 0 Å². The third-order valence-electron chi connectivity index (χ3n) is 2.53. The summed E-state index contributed by atoms with van der Waals surface area (Å²) in [5.74, 6) is -2.20. The Kier molecular flexibility index (Phi) is 5.59. The van der Waals surface area contributed by atoms with Gasteiger partial charge in [0.25, 0.3) is 0 Å². The number of amides is 1. The van der Waals surface area contributed by atoms with Crippen molar-refractivity contribution in [2.24, 2.45) is 0 Å². The predicted octanol–water partition coefficient (Wildman–Crippen LogP) is 1.18. The highest BCUT2D eigenvalue weighted by molar-refractivity contribution is 6.07. The highest BCUT2D eigenvalue weighted by Crippen LogP contribution is 2.20. The minimum absolute atomic E-state index is 0.0713. The van der Waals surface area contributed by atoms with Gasteiger partial charge in [-0.2, -0.15) is 0 Å². The average molecular weight is 293 g/mol. The number of hydrogen-bond donors (Lipinski definition) is 1. The van der Waals surface area contributed by atoms with Crippen molar-refractivity contribution in [1.82, 2.24) is 0 Å². The SMILES string of the molecule is COC(=O)c1ccc(C(=O)OC)c(NC(=O)CC(C)=O)c1. The van der Waals surface area contributed by atoms with E-state index in [0.29, 0.717) is 0 Å². The Morgan fingerprint density at radius 3 is 2.19 bits per heavy atom. The molecule has 0 saturated heterocycles. The number of rotatable bonds is 5. The first-order valence-electron chi connectivity index (χ1n) is 5.99. The summed E-state index contributed by atoms with van der Waals surface area (Å²) < 4.78 is 9.16. The highest BCUT2D eigenvalue weighted by atomic mass is 16.5. The predicted molar refractivity (Wildman–Crippen MR) is 73.0 cm³/mol. The van der Waals surface area contributed by atoms with Crippen molar-refractivity contribution in [3.05, 3.63) is 29.3 Å². The fourth-order valence-corrected chi connectivity index (χ4v) is 1.60. The number of nitrogens with one attached hydrogen (secondary N) is 1. The van der Waals surface area contributed by atoms with Gasteiger partial charge in [-0.1, -0.05) is 0 Å². The Labute approximate surface area is 121 Å². The van der Waals surface area contributed by atoms with Crippen LogP contribution in [0.15, 0.2) is 18.2 Å². The molecule has 0 bridgehead atoms. The molecule has 0 heterocycles. The molecule has 1 aromatic carbocycles. The van der Waals surface area contributed by atoms with Crippen LogP contribution in [0.2, 0.25) is 0 Å². The topological polar surface area (TPSA) is 98.8 Å². The van der Waals surface area contributed by atoms with E-state index in [0.717, 1.165) is 0 Å². The average Bonchev–Trinajstić information content (AvgIpc) is 2.44. The fourth-order valence-electron chi connectivity index (χ4n) is 1.60. The molecule has 0 aliphatic heterocycles. The number of hydrogen-bond acceptors (Lipinski definition) is 6. The van der Waals surface area contributed by atoms with Gasteiger partial charge in [-0.05, 0) is 25.1 Å². The van der Waals surface area contributed by atoms with Gasteiger partial charge in [-0.3, -0.25) is 9.59 Å². The van der Waals surface area contributed by atoms with Crippen LogP contribution < -0.4 is 5.32 Å². The van der Waals surface area contributed by atoms with Crippen molar-refractivity contribution in [2.45, 2.75) is 13.3 Å². The van der Waals surface area contributed by atoms with Gasteiger partial charge in [-0.15, -0.1) is 0 Å². The van der Waals surface area contributed by atoms with Gasteiger partial charge >= 0.3 is 11.9 Å². The molecule has 0 aliphatic carbocycles. The molecular weight excluding hydrogens is 278 g/mol. The van der Waals surface area contributed by atoms with Gasteiger partial charge in [0.1, 0.15) is 5.78 Å². The van der Waals surface area contributed by atoms with Gasteiger partial charge in [0.05, 0.1) is 37.5 Å². The smallest absolute Gasteiger partial charge is 0.339 e. The number of carbonyl (C=O) groups is 4. The lowest BCUT2D eigenvalue weighted by Gasteiger charge is -2.11. The van der Waals surface area contributed by atoms with Crippen LogP contribution in [-0.2, 0) is 19.1 Å². The lowest BCUT2D eigenvalue weighted by Crippen LogP contribution is -2.18. The third-order valence-corrected chi connectivity index (χ3v) is 2.53. The number of carbonyl (C=O) groups excluding carboxylic acids is 4. The maximum Gasteiger partial charge on any atom is 0.339 e. The van der Waals surface area contributed by atoms with Crippen LogP contribution in [0.4, 0.5) is 5.69 Å². The second-order valence-corrected chi connectivity index (χ2v) is 4.17. The van der Waals surface area contributed by atoms with Crippen LogP contribution in [0, 0.1) is 0 Å². The van der Waals surface area contributed by atoms with Crippen LogP contribution in [0.1, 0.15) is 34.1 Å². The van der Waals surface area contributed by atoms with Gasteiger partial charge < -0.3 is 14.8 Å². The normalized spacial score (nSPS) is 9.67. The summed E-state index contributed by atoms with van der Waals surface area (Å²) >= 11 is 0. The Hall–Kier alpha value is -2.70. The molecule has 21 heavy (non-hydrogen) atoms. The van der Waals surface area contributed by atoms with Crippen molar-refractivity contribution in [3.8, 4) is 0 Å². The molecule has 0 spiro atoms. The summed E-state index contributed by atoms with van der Waals surface area (Å²) in [4.78, 5) is 45.7. The summed E-state index contributed by atoms with van der Waals surface area (Å²) in [6.45, 7) is 1.27. The molecule has 112 valence electrons. The van der Waals surface area contributed by atoms with Gasteiger partial charge in [0.15, 0.2) is 0 Å². The van der Waals surface area contributed by atoms with E-state index in [-0.39, 0.29) is 29.0 Å². The zero-order valence-corrected chi connectivity index (χ0v) is 11.9. The van der Waals surface area contributed by atoms with E-state index in [1.807, 2.05) is 0 Å². The van der Waals surface area contributed by atoms with Gasteiger partial charge in [0, 0.05) is 0 Å². The first kappa shape index (κ1) is 16.4. The molecule has 1 rings (SSSR count). The fraction of sp³-hybridized carbons (Fsp3) is 0.286. The summed E-state index contributed by atoms with van der Waals surface area (Å²) in [5, 5.41) is 2.41. The Morgan fingerprint density at radius 1 is 1.05 bits per heavy atom. The van der Waals surface area contributed by atoms with Crippen LogP contribution in [0.3, 0.4) is 0 Å². The first-order valence-corrected chi connectivity index (χ1v) is 5.99. The van der Waals surface area contributed by atoms with E-state index in [1.165, 1.54) is 39.3 Å². The van der Waals surface area contributed by atoms with Crippen molar-refractivity contribution in [3.63, 3.8) is 0 Å². The largest absolute Gasteiger partial charge is 0.465 e. The number of ketones is 1. The van der Waals surface area contributed by atoms with E-state index >= 15 is 0 Å². The summed E-state index contributed by atoms with van der Waals surface area (Å²) in [7, 11) is 2.41. The second kappa shape index (κ2) is 7.18. The maximum atomic E-state index is 11.6. The number of ether oxygens (including phenoxy) is 2. The zero-order chi connectivity index (χ0) is 16.0. The first-order chi connectivity index (χ1) is 9.88. The molecule has 0 radical (unpaired) electrons. The minimum Gasteiger partial charge on any atom is -0.465 e. The van der Waals surface area contributed by atoms with Crippen molar-refractivity contribution in [2.75, 3.05) is 19.5 Å². The van der Waals surface area contributed by atoms with Crippen molar-refractivity contribution >= 4 is 29.3 Å². The highest BCUT2D eigenvalue weighted by Gasteiger charge is 2.17. The molecule has 0 unspecified atom stereocenters. The molecule has 1 N–H and O–H groups in total. The molecule has 1 amide bonds. The van der Waals surface area contributed by atoms with Crippen LogP contribution >= 0.6 is 0 Å². The number of methoxy groups -OCH3 is 2. The number of esters is 2. The Bertz CT molecular complexity index is 593. The van der Waals surface area contributed by atoms with Crippen LogP contribution in [0.5, 0.6) is 0 Å². The third kappa shape index (κ3) is 4.41. The molecule has 0 saturated carbocycles. The summed E-state index contributed by atoms with van der Waals surface area (Å²) in [6.07, 6.45) is -0.330. The van der Waals surface area contributed by atoms with Gasteiger partial charge in [-0.25, -0.2) is 9.59 Å². The number of anilines is 1. The van der Waals surface area contributed by atoms with Crippen molar-refractivity contribution in [1.29, 1.82) is 0 Å². The standard InChI is InChI=1S/C14H15NO6/c1-8(16)6-12(17)15-11-7-9(13(18)20-2)4-5-10(11)14(19)21-3/h4-5,7H,6H2,1-3H3,(H,15,17). The number of benzene rings is 1. The molecule has 1 aromatic rings. The quantitative estimate of drug-likeness (QED) is 0.646. The molecule has 0 aliphatic rings. The van der Waals surface area contributed by atoms with E-state index in [9.17, 15) is 19.2 Å². The molecule has 7 nitrogen and oxygen atoms in total. The Balaban J connectivity index is 3.16. The molecule has 0 aromatic heterocycles. The maximum absolute atomic E-state index is 11.6. The molecular formula is C14H15NO6. The van der Waals surface area contributed by atoms with E-state index in [2.05, 4.69) is 14.8 Å².